The second kappa shape index (κ2) is 12.0. The summed E-state index contributed by atoms with van der Waals surface area (Å²) in [6.45, 7) is 3.77. The van der Waals surface area contributed by atoms with E-state index in [1.165, 1.54) is 0 Å². The molecule has 1 heterocycles. The van der Waals surface area contributed by atoms with Gasteiger partial charge in [0.15, 0.2) is 5.96 Å². The van der Waals surface area contributed by atoms with Crippen LogP contribution < -0.4 is 27.8 Å². The minimum Gasteiger partial charge on any atom is -0.370 e. The molecule has 1 fully saturated rings. The number of rotatable bonds is 12. The summed E-state index contributed by atoms with van der Waals surface area (Å²) < 4.78 is 0. The molecule has 0 saturated carbocycles. The number of hydrogen-bond acceptors (Lipinski definition) is 5. The fourth-order valence-electron chi connectivity index (χ4n) is 3.09. The summed E-state index contributed by atoms with van der Waals surface area (Å²) in [7, 11) is 0. The van der Waals surface area contributed by atoms with Crippen LogP contribution in [0.5, 0.6) is 0 Å². The van der Waals surface area contributed by atoms with E-state index in [0.29, 0.717) is 19.6 Å². The van der Waals surface area contributed by atoms with Gasteiger partial charge in [0, 0.05) is 25.7 Å². The fourth-order valence-corrected chi connectivity index (χ4v) is 3.09. The normalized spacial score (nSPS) is 19.2. The third-order valence-electron chi connectivity index (χ3n) is 4.38. The molecule has 9 N–H and O–H groups in total. The lowest BCUT2D eigenvalue weighted by Crippen LogP contribution is -2.47. The molecule has 2 atom stereocenters. The number of amides is 1. The second-order valence-corrected chi connectivity index (χ2v) is 6.54. The van der Waals surface area contributed by atoms with E-state index in [4.69, 9.17) is 22.6 Å². The van der Waals surface area contributed by atoms with Crippen LogP contribution >= 0.6 is 0 Å². The molecule has 140 valence electrons. The van der Waals surface area contributed by atoms with Gasteiger partial charge in [-0.25, -0.2) is 0 Å². The monoisotopic (exact) mass is 341 g/mol. The molecular weight excluding hydrogens is 306 g/mol. The predicted molar refractivity (Wildman–Crippen MR) is 97.6 cm³/mol. The number of nitrogens with one attached hydrogen (secondary N) is 3. The Labute approximate surface area is 145 Å². The van der Waals surface area contributed by atoms with Crippen molar-refractivity contribution in [2.24, 2.45) is 17.2 Å². The molecule has 1 rings (SSSR count). The third-order valence-corrected chi connectivity index (χ3v) is 4.38. The van der Waals surface area contributed by atoms with Crippen LogP contribution in [0.2, 0.25) is 0 Å². The maximum Gasteiger partial charge on any atom is 0.237 e. The third kappa shape index (κ3) is 8.47. The highest BCUT2D eigenvalue weighted by atomic mass is 16.2. The molecule has 0 aliphatic carbocycles. The number of nitrogens with two attached hydrogens (primary N) is 3. The first-order valence-electron chi connectivity index (χ1n) is 9.10. The van der Waals surface area contributed by atoms with E-state index in [0.717, 1.165) is 58.0 Å². The smallest absolute Gasteiger partial charge is 0.237 e. The van der Waals surface area contributed by atoms with Crippen molar-refractivity contribution in [2.45, 2.75) is 57.0 Å². The van der Waals surface area contributed by atoms with Crippen LogP contribution in [0.15, 0.2) is 0 Å². The van der Waals surface area contributed by atoms with E-state index >= 15 is 0 Å². The lowest BCUT2D eigenvalue weighted by molar-refractivity contribution is -0.125. The molecule has 8 heteroatoms. The molecule has 0 spiro atoms. The first-order valence-corrected chi connectivity index (χ1v) is 9.10. The molecule has 1 saturated heterocycles. The van der Waals surface area contributed by atoms with Gasteiger partial charge in [0.2, 0.25) is 5.91 Å². The van der Waals surface area contributed by atoms with Crippen molar-refractivity contribution in [3.63, 3.8) is 0 Å². The Hall–Kier alpha value is -1.38. The van der Waals surface area contributed by atoms with Crippen LogP contribution in [0.1, 0.15) is 44.9 Å². The van der Waals surface area contributed by atoms with Gasteiger partial charge in [0.05, 0.1) is 6.04 Å². The van der Waals surface area contributed by atoms with E-state index in [2.05, 4.69) is 15.5 Å². The van der Waals surface area contributed by atoms with Crippen LogP contribution in [-0.2, 0) is 4.79 Å². The molecule has 1 amide bonds. The standard InChI is InChI=1S/C16H35N7O/c17-8-2-1-6-13(18)12-23-11-5-7-14(23)15(24)21-9-3-4-10-22-16(19)20/h13-14H,1-12,17-18H2,(H,21,24)(H4,19,20,22)/t13-,14-/m0/s1. The highest BCUT2D eigenvalue weighted by Gasteiger charge is 2.31. The number of nitrogens with zero attached hydrogens (tertiary/aromatic N) is 1. The molecule has 0 aromatic carbocycles. The number of carbonyl (C=O) groups excluding carboxylic acids is 1. The van der Waals surface area contributed by atoms with Gasteiger partial charge in [-0.05, 0) is 51.6 Å². The highest BCUT2D eigenvalue weighted by molar-refractivity contribution is 5.82. The van der Waals surface area contributed by atoms with E-state index in [1.54, 1.807) is 0 Å². The summed E-state index contributed by atoms with van der Waals surface area (Å²) in [4.78, 5) is 14.6. The number of hydrogen-bond donors (Lipinski definition) is 6. The number of carbonyl (C=O) groups is 1. The Kier molecular flexibility index (Phi) is 10.4. The first-order chi connectivity index (χ1) is 11.5. The van der Waals surface area contributed by atoms with Gasteiger partial charge in [-0.15, -0.1) is 0 Å². The van der Waals surface area contributed by atoms with Gasteiger partial charge < -0.3 is 27.8 Å². The SMILES string of the molecule is N=C(N)NCCCCNC(=O)[C@@H]1CCCN1C[C@@H](N)CCCCN. The van der Waals surface area contributed by atoms with Crippen molar-refractivity contribution >= 4 is 11.9 Å². The van der Waals surface area contributed by atoms with E-state index in [9.17, 15) is 4.79 Å². The molecule has 1 aliphatic rings. The first kappa shape index (κ1) is 20.7. The summed E-state index contributed by atoms with van der Waals surface area (Å²) in [5.41, 5.74) is 16.9. The molecule has 0 aromatic rings. The zero-order valence-corrected chi connectivity index (χ0v) is 14.7. The van der Waals surface area contributed by atoms with Crippen LogP contribution in [0.3, 0.4) is 0 Å². The van der Waals surface area contributed by atoms with Crippen molar-refractivity contribution in [1.29, 1.82) is 5.41 Å². The molecule has 0 radical (unpaired) electrons. The Morgan fingerprint density at radius 2 is 1.92 bits per heavy atom. The Balaban J connectivity index is 2.21. The predicted octanol–water partition coefficient (Wildman–Crippen LogP) is -0.713. The van der Waals surface area contributed by atoms with Crippen molar-refractivity contribution in [3.05, 3.63) is 0 Å². The molecule has 0 aromatic heterocycles. The van der Waals surface area contributed by atoms with Crippen molar-refractivity contribution in [3.8, 4) is 0 Å². The van der Waals surface area contributed by atoms with Crippen LogP contribution in [0.4, 0.5) is 0 Å². The van der Waals surface area contributed by atoms with Gasteiger partial charge in [0.25, 0.3) is 0 Å². The number of guanidine groups is 1. The van der Waals surface area contributed by atoms with Gasteiger partial charge in [-0.2, -0.15) is 0 Å². The van der Waals surface area contributed by atoms with E-state index in [1.807, 2.05) is 0 Å². The van der Waals surface area contributed by atoms with E-state index < -0.39 is 0 Å². The van der Waals surface area contributed by atoms with Crippen LogP contribution in [-0.4, -0.2) is 61.6 Å². The molecule has 0 unspecified atom stereocenters. The topological polar surface area (TPSA) is 146 Å². The molecule has 0 bridgehead atoms. The van der Waals surface area contributed by atoms with Crippen LogP contribution in [0, 0.1) is 5.41 Å². The van der Waals surface area contributed by atoms with Gasteiger partial charge >= 0.3 is 0 Å². The molecule has 8 nitrogen and oxygen atoms in total. The Bertz CT molecular complexity index is 377. The van der Waals surface area contributed by atoms with E-state index in [-0.39, 0.29) is 24.0 Å². The Morgan fingerprint density at radius 1 is 1.21 bits per heavy atom. The molecule has 24 heavy (non-hydrogen) atoms. The Morgan fingerprint density at radius 3 is 2.58 bits per heavy atom. The summed E-state index contributed by atoms with van der Waals surface area (Å²) >= 11 is 0. The average molecular weight is 342 g/mol. The van der Waals surface area contributed by atoms with Crippen molar-refractivity contribution in [2.75, 3.05) is 32.7 Å². The largest absolute Gasteiger partial charge is 0.370 e. The summed E-state index contributed by atoms with van der Waals surface area (Å²) in [5.74, 6) is 0.101. The summed E-state index contributed by atoms with van der Waals surface area (Å²) in [5, 5.41) is 12.8. The second-order valence-electron chi connectivity index (χ2n) is 6.54. The van der Waals surface area contributed by atoms with Crippen molar-refractivity contribution in [1.82, 2.24) is 15.5 Å². The highest BCUT2D eigenvalue weighted by Crippen LogP contribution is 2.18. The quantitative estimate of drug-likeness (QED) is 0.157. The average Bonchev–Trinajstić information content (AvgIpc) is 2.98. The number of likely N-dealkylation sites (tertiary alicyclic amines) is 1. The zero-order chi connectivity index (χ0) is 17.8. The fraction of sp³-hybridized carbons (Fsp3) is 0.875. The lowest BCUT2D eigenvalue weighted by atomic mass is 10.1. The minimum absolute atomic E-state index is 0.0107. The minimum atomic E-state index is -0.0408. The van der Waals surface area contributed by atoms with Crippen molar-refractivity contribution < 1.29 is 4.79 Å². The van der Waals surface area contributed by atoms with Crippen LogP contribution in [0.25, 0.3) is 0 Å². The summed E-state index contributed by atoms with van der Waals surface area (Å²) in [6.07, 6.45) is 6.74. The molecule has 1 aliphatic heterocycles. The number of unbranched alkanes of at least 4 members (excludes halogenated alkanes) is 2. The zero-order valence-electron chi connectivity index (χ0n) is 14.7. The van der Waals surface area contributed by atoms with Gasteiger partial charge in [-0.1, -0.05) is 6.42 Å². The maximum atomic E-state index is 12.4. The van der Waals surface area contributed by atoms with Gasteiger partial charge in [-0.3, -0.25) is 15.1 Å². The lowest BCUT2D eigenvalue weighted by Gasteiger charge is -2.26. The maximum absolute atomic E-state index is 12.4. The van der Waals surface area contributed by atoms with Gasteiger partial charge in [0.1, 0.15) is 0 Å². The summed E-state index contributed by atoms with van der Waals surface area (Å²) in [6, 6.07) is 0.0727. The molecular formula is C16H35N7O.